The lowest BCUT2D eigenvalue weighted by atomic mass is 10.1. The Bertz CT molecular complexity index is 682. The van der Waals surface area contributed by atoms with E-state index in [9.17, 15) is 19.5 Å². The predicted molar refractivity (Wildman–Crippen MR) is 97.3 cm³/mol. The molecule has 2 amide bonds. The van der Waals surface area contributed by atoms with Gasteiger partial charge in [0.1, 0.15) is 19.2 Å². The van der Waals surface area contributed by atoms with Gasteiger partial charge in [0.25, 0.3) is 0 Å². The Morgan fingerprint density at radius 2 is 1.88 bits per heavy atom. The Morgan fingerprint density at radius 1 is 1.19 bits per heavy atom. The van der Waals surface area contributed by atoms with Crippen molar-refractivity contribution in [3.05, 3.63) is 72.9 Å². The highest BCUT2D eigenvalue weighted by atomic mass is 16.5. The van der Waals surface area contributed by atoms with E-state index in [4.69, 9.17) is 4.74 Å². The van der Waals surface area contributed by atoms with Gasteiger partial charge >= 0.3 is 12.1 Å². The van der Waals surface area contributed by atoms with E-state index in [2.05, 4.69) is 23.8 Å². The number of hydrogen-bond acceptors (Lipinski definition) is 4. The lowest BCUT2D eigenvalue weighted by Crippen LogP contribution is -2.45. The molecular weight excluding hydrogens is 336 g/mol. The molecule has 7 nitrogen and oxygen atoms in total. The van der Waals surface area contributed by atoms with Gasteiger partial charge in [0.15, 0.2) is 0 Å². The average Bonchev–Trinajstić information content (AvgIpc) is 2.64. The molecule has 0 aliphatic heterocycles. The molecule has 1 aromatic carbocycles. The minimum absolute atomic E-state index is 0.0506. The summed E-state index contributed by atoms with van der Waals surface area (Å²) in [7, 11) is 0. The summed E-state index contributed by atoms with van der Waals surface area (Å²) in [6, 6.07) is 7.92. The highest BCUT2D eigenvalue weighted by Gasteiger charge is 2.20. The Labute approximate surface area is 152 Å². The molecular formula is C19H22N2O5. The minimum atomic E-state index is -1.19. The van der Waals surface area contributed by atoms with Crippen molar-refractivity contribution in [3.63, 3.8) is 0 Å². The van der Waals surface area contributed by atoms with Crippen LogP contribution in [0.15, 0.2) is 67.3 Å². The fraction of sp³-hybridized carbons (Fsp3) is 0.211. The quantitative estimate of drug-likeness (QED) is 0.556. The molecule has 0 aliphatic rings. The molecule has 1 rings (SSSR count). The highest BCUT2D eigenvalue weighted by molar-refractivity contribution is 5.86. The van der Waals surface area contributed by atoms with Crippen LogP contribution in [0.2, 0.25) is 0 Å². The topological polar surface area (TPSA) is 105 Å². The van der Waals surface area contributed by atoms with E-state index in [0.29, 0.717) is 5.57 Å². The molecule has 138 valence electrons. The van der Waals surface area contributed by atoms with Gasteiger partial charge in [-0.25, -0.2) is 9.59 Å². The molecule has 0 spiro atoms. The molecule has 0 saturated carbocycles. The average molecular weight is 358 g/mol. The molecule has 0 saturated heterocycles. The summed E-state index contributed by atoms with van der Waals surface area (Å²) < 4.78 is 4.96. The third-order valence-corrected chi connectivity index (χ3v) is 3.27. The number of benzene rings is 1. The van der Waals surface area contributed by atoms with E-state index in [1.165, 1.54) is 12.2 Å². The van der Waals surface area contributed by atoms with Crippen molar-refractivity contribution in [2.75, 3.05) is 6.54 Å². The number of aliphatic carboxylic acids is 1. The number of carbonyl (C=O) groups is 3. The number of hydrogen-bond donors (Lipinski definition) is 3. The number of carboxylic acids is 1. The van der Waals surface area contributed by atoms with E-state index >= 15 is 0 Å². The van der Waals surface area contributed by atoms with E-state index in [1.807, 2.05) is 18.2 Å². The first-order valence-electron chi connectivity index (χ1n) is 7.87. The molecule has 1 atom stereocenters. The van der Waals surface area contributed by atoms with Crippen LogP contribution in [0.5, 0.6) is 0 Å². The van der Waals surface area contributed by atoms with Crippen LogP contribution in [-0.4, -0.2) is 35.7 Å². The number of ether oxygens (including phenoxy) is 1. The van der Waals surface area contributed by atoms with Gasteiger partial charge in [-0.05, 0) is 11.1 Å². The van der Waals surface area contributed by atoms with Gasteiger partial charge in [0, 0.05) is 6.42 Å². The maximum absolute atomic E-state index is 11.9. The number of rotatable bonds is 10. The number of amides is 2. The zero-order valence-corrected chi connectivity index (χ0v) is 14.3. The van der Waals surface area contributed by atoms with Crippen LogP contribution < -0.4 is 10.6 Å². The fourth-order valence-electron chi connectivity index (χ4n) is 1.98. The number of nitrogens with one attached hydrogen (secondary N) is 2. The molecule has 26 heavy (non-hydrogen) atoms. The van der Waals surface area contributed by atoms with Crippen molar-refractivity contribution < 1.29 is 24.2 Å². The van der Waals surface area contributed by atoms with E-state index in [1.54, 1.807) is 18.2 Å². The molecule has 0 fully saturated rings. The van der Waals surface area contributed by atoms with E-state index in [0.717, 1.165) is 5.56 Å². The molecule has 1 unspecified atom stereocenters. The number of allylic oxidation sites excluding steroid dienone is 3. The summed E-state index contributed by atoms with van der Waals surface area (Å²) in [6.45, 7) is 6.78. The van der Waals surface area contributed by atoms with Gasteiger partial charge < -0.3 is 20.5 Å². The van der Waals surface area contributed by atoms with Crippen LogP contribution in [-0.2, 0) is 20.9 Å². The maximum Gasteiger partial charge on any atom is 0.407 e. The first kappa shape index (κ1) is 20.7. The Hall–Kier alpha value is -3.35. The molecule has 0 aromatic heterocycles. The number of carboxylic acid groups (broad SMARTS) is 1. The maximum atomic E-state index is 11.9. The minimum Gasteiger partial charge on any atom is -0.480 e. The summed E-state index contributed by atoms with van der Waals surface area (Å²) >= 11 is 0. The Kier molecular flexibility index (Phi) is 8.95. The second-order valence-corrected chi connectivity index (χ2v) is 5.26. The smallest absolute Gasteiger partial charge is 0.407 e. The van der Waals surface area contributed by atoms with Crippen LogP contribution in [0.4, 0.5) is 4.79 Å². The van der Waals surface area contributed by atoms with Crippen LogP contribution in [0, 0.1) is 0 Å². The number of alkyl carbamates (subject to hydrolysis) is 1. The van der Waals surface area contributed by atoms with Crippen molar-refractivity contribution in [2.24, 2.45) is 0 Å². The van der Waals surface area contributed by atoms with E-state index in [-0.39, 0.29) is 13.0 Å². The largest absolute Gasteiger partial charge is 0.480 e. The summed E-state index contributed by atoms with van der Waals surface area (Å²) in [5.41, 5.74) is 1.42. The first-order valence-corrected chi connectivity index (χ1v) is 7.87. The number of carbonyl (C=O) groups excluding carboxylic acids is 2. The summed E-state index contributed by atoms with van der Waals surface area (Å²) in [5.74, 6) is -1.84. The van der Waals surface area contributed by atoms with Crippen LogP contribution in [0.25, 0.3) is 0 Å². The van der Waals surface area contributed by atoms with Crippen LogP contribution >= 0.6 is 0 Å². The second-order valence-electron chi connectivity index (χ2n) is 5.26. The zero-order chi connectivity index (χ0) is 19.4. The third-order valence-electron chi connectivity index (χ3n) is 3.27. The lowest BCUT2D eigenvalue weighted by Gasteiger charge is -2.15. The highest BCUT2D eigenvalue weighted by Crippen LogP contribution is 2.07. The monoisotopic (exact) mass is 358 g/mol. The van der Waals surface area contributed by atoms with Crippen LogP contribution in [0.1, 0.15) is 12.0 Å². The fourth-order valence-corrected chi connectivity index (χ4v) is 1.98. The van der Waals surface area contributed by atoms with Crippen molar-refractivity contribution >= 4 is 18.0 Å². The molecule has 1 aromatic rings. The third kappa shape index (κ3) is 7.96. The second kappa shape index (κ2) is 11.2. The normalized spacial score (nSPS) is 11.8. The van der Waals surface area contributed by atoms with Gasteiger partial charge in [-0.2, -0.15) is 0 Å². The van der Waals surface area contributed by atoms with Gasteiger partial charge in [-0.1, -0.05) is 61.7 Å². The van der Waals surface area contributed by atoms with Gasteiger partial charge in [0.05, 0.1) is 0 Å². The summed E-state index contributed by atoms with van der Waals surface area (Å²) in [6.07, 6.45) is 3.88. The lowest BCUT2D eigenvalue weighted by molar-refractivity contribution is -0.141. The van der Waals surface area contributed by atoms with Crippen molar-refractivity contribution in [2.45, 2.75) is 19.1 Å². The summed E-state index contributed by atoms with van der Waals surface area (Å²) in [5, 5.41) is 13.8. The van der Waals surface area contributed by atoms with Crippen molar-refractivity contribution in [1.29, 1.82) is 0 Å². The molecule has 0 heterocycles. The molecule has 7 heteroatoms. The Morgan fingerprint density at radius 3 is 2.46 bits per heavy atom. The molecule has 0 radical (unpaired) electrons. The molecule has 0 bridgehead atoms. The van der Waals surface area contributed by atoms with Crippen LogP contribution in [0.3, 0.4) is 0 Å². The Balaban J connectivity index is 2.43. The molecule has 0 aliphatic carbocycles. The van der Waals surface area contributed by atoms with Gasteiger partial charge in [-0.15, -0.1) is 0 Å². The standard InChI is InChI=1S/C19H22N2O5/c1-3-8-14(4-2)11-16(18(23)24)21-17(22)12-20-19(25)26-13-15-9-6-5-7-10-15/h3-10,16H,1-2,11-13H2,(H,20,25)(H,21,22)(H,23,24)/b14-8+. The van der Waals surface area contributed by atoms with Crippen molar-refractivity contribution in [1.82, 2.24) is 10.6 Å². The zero-order valence-electron chi connectivity index (χ0n) is 14.3. The van der Waals surface area contributed by atoms with Gasteiger partial charge in [0.2, 0.25) is 5.91 Å². The van der Waals surface area contributed by atoms with E-state index < -0.39 is 30.6 Å². The SMILES string of the molecule is C=C/C=C(\C=C)CC(NC(=O)CNC(=O)OCc1ccccc1)C(=O)O. The summed E-state index contributed by atoms with van der Waals surface area (Å²) in [4.78, 5) is 34.7. The first-order chi connectivity index (χ1) is 12.5. The molecule has 3 N–H and O–H groups in total. The predicted octanol–water partition coefficient (Wildman–Crippen LogP) is 2.17. The van der Waals surface area contributed by atoms with Crippen molar-refractivity contribution in [3.8, 4) is 0 Å². The van der Waals surface area contributed by atoms with Gasteiger partial charge in [-0.3, -0.25) is 4.79 Å².